The van der Waals surface area contributed by atoms with Crippen molar-refractivity contribution in [3.05, 3.63) is 71.9 Å². The first-order chi connectivity index (χ1) is 15.6. The van der Waals surface area contributed by atoms with Crippen LogP contribution in [-0.4, -0.2) is 39.3 Å². The van der Waals surface area contributed by atoms with E-state index in [1.807, 2.05) is 17.9 Å². The lowest BCUT2D eigenvalue weighted by Crippen LogP contribution is -2.42. The first-order valence-electron chi connectivity index (χ1n) is 10.8. The van der Waals surface area contributed by atoms with Crippen LogP contribution in [0.15, 0.2) is 64.2 Å². The molecular formula is C24H26FN3O3S. The maximum Gasteiger partial charge on any atom is 0.277 e. The molecule has 0 aliphatic carbocycles. The van der Waals surface area contributed by atoms with Gasteiger partial charge in [0.05, 0.1) is 5.25 Å². The van der Waals surface area contributed by atoms with Gasteiger partial charge in [-0.2, -0.15) is 0 Å². The predicted molar refractivity (Wildman–Crippen MR) is 120 cm³/mol. The van der Waals surface area contributed by atoms with Gasteiger partial charge in [-0.3, -0.25) is 4.79 Å². The molecule has 1 atom stereocenters. The highest BCUT2D eigenvalue weighted by Gasteiger charge is 2.27. The Hall–Kier alpha value is -2.87. The second kappa shape index (κ2) is 10.6. The summed E-state index contributed by atoms with van der Waals surface area (Å²) in [5, 5.41) is 7.99. The van der Waals surface area contributed by atoms with Crippen molar-refractivity contribution in [2.45, 2.75) is 43.3 Å². The SMILES string of the molecule is CC(Sc1nnc(COc2ccc(F)cc2)o1)C(=O)N1CCC(Cc2ccccc2)CC1. The average Bonchev–Trinajstić information content (AvgIpc) is 3.26. The van der Waals surface area contributed by atoms with Crippen molar-refractivity contribution < 1.29 is 18.3 Å². The van der Waals surface area contributed by atoms with Crippen molar-refractivity contribution >= 4 is 17.7 Å². The number of nitrogens with zero attached hydrogens (tertiary/aromatic N) is 3. The van der Waals surface area contributed by atoms with Gasteiger partial charge in [-0.1, -0.05) is 42.1 Å². The van der Waals surface area contributed by atoms with E-state index in [1.54, 1.807) is 0 Å². The molecule has 8 heteroatoms. The number of rotatable bonds is 8. The first kappa shape index (κ1) is 22.3. The number of halogens is 1. The van der Waals surface area contributed by atoms with Crippen LogP contribution in [0.25, 0.3) is 0 Å². The number of carbonyl (C=O) groups is 1. The Morgan fingerprint density at radius 1 is 1.16 bits per heavy atom. The number of benzene rings is 2. The molecular weight excluding hydrogens is 429 g/mol. The number of aromatic nitrogens is 2. The van der Waals surface area contributed by atoms with Crippen LogP contribution in [0.1, 0.15) is 31.2 Å². The van der Waals surface area contributed by atoms with Crippen LogP contribution in [0.5, 0.6) is 5.75 Å². The average molecular weight is 456 g/mol. The van der Waals surface area contributed by atoms with Crippen LogP contribution in [-0.2, 0) is 17.8 Å². The Morgan fingerprint density at radius 2 is 1.88 bits per heavy atom. The third-order valence-corrected chi connectivity index (χ3v) is 6.46. The summed E-state index contributed by atoms with van der Waals surface area (Å²) in [6.45, 7) is 3.50. The van der Waals surface area contributed by atoms with Gasteiger partial charge in [-0.25, -0.2) is 4.39 Å². The van der Waals surface area contributed by atoms with Crippen LogP contribution in [0.4, 0.5) is 4.39 Å². The van der Waals surface area contributed by atoms with Gasteiger partial charge in [0.2, 0.25) is 5.91 Å². The molecule has 32 heavy (non-hydrogen) atoms. The van der Waals surface area contributed by atoms with E-state index >= 15 is 0 Å². The summed E-state index contributed by atoms with van der Waals surface area (Å²) in [5.41, 5.74) is 1.36. The maximum absolute atomic E-state index is 13.0. The number of ether oxygens (including phenoxy) is 1. The first-order valence-corrected chi connectivity index (χ1v) is 11.6. The molecule has 3 aromatic rings. The van der Waals surface area contributed by atoms with E-state index in [9.17, 15) is 9.18 Å². The van der Waals surface area contributed by atoms with Gasteiger partial charge in [0.25, 0.3) is 11.1 Å². The van der Waals surface area contributed by atoms with Crippen LogP contribution in [0.3, 0.4) is 0 Å². The number of amides is 1. The van der Waals surface area contributed by atoms with Gasteiger partial charge in [-0.15, -0.1) is 10.2 Å². The fourth-order valence-electron chi connectivity index (χ4n) is 3.78. The molecule has 0 bridgehead atoms. The lowest BCUT2D eigenvalue weighted by atomic mass is 9.90. The highest BCUT2D eigenvalue weighted by Crippen LogP contribution is 2.27. The molecule has 2 aromatic carbocycles. The summed E-state index contributed by atoms with van der Waals surface area (Å²) in [4.78, 5) is 14.8. The number of piperidine rings is 1. The molecule has 0 N–H and O–H groups in total. The maximum atomic E-state index is 13.0. The molecule has 1 fully saturated rings. The van der Waals surface area contributed by atoms with Crippen molar-refractivity contribution in [3.8, 4) is 5.75 Å². The van der Waals surface area contributed by atoms with Crippen molar-refractivity contribution in [1.29, 1.82) is 0 Å². The Balaban J connectivity index is 1.22. The quantitative estimate of drug-likeness (QED) is 0.457. The van der Waals surface area contributed by atoms with E-state index in [-0.39, 0.29) is 23.6 Å². The van der Waals surface area contributed by atoms with Crippen LogP contribution in [0.2, 0.25) is 0 Å². The van der Waals surface area contributed by atoms with Crippen molar-refractivity contribution in [2.24, 2.45) is 5.92 Å². The van der Waals surface area contributed by atoms with E-state index < -0.39 is 0 Å². The Labute approximate surface area is 191 Å². The Morgan fingerprint density at radius 3 is 2.59 bits per heavy atom. The molecule has 4 rings (SSSR count). The van der Waals surface area contributed by atoms with E-state index in [1.165, 1.54) is 41.6 Å². The number of carbonyl (C=O) groups excluding carboxylic acids is 1. The Kier molecular flexibility index (Phi) is 7.42. The van der Waals surface area contributed by atoms with Gasteiger partial charge in [0.15, 0.2) is 6.61 Å². The number of hydrogen-bond donors (Lipinski definition) is 0. The lowest BCUT2D eigenvalue weighted by molar-refractivity contribution is -0.131. The fourth-order valence-corrected chi connectivity index (χ4v) is 4.57. The standard InChI is InChI=1S/C24H26FN3O3S/c1-17(23(29)28-13-11-19(12-14-28)15-18-5-3-2-4-6-18)32-24-27-26-22(31-24)16-30-21-9-7-20(25)8-10-21/h2-10,17,19H,11-16H2,1H3. The zero-order valence-electron chi connectivity index (χ0n) is 17.9. The minimum atomic E-state index is -0.326. The molecule has 0 spiro atoms. The van der Waals surface area contributed by atoms with E-state index in [0.29, 0.717) is 22.8 Å². The third kappa shape index (κ3) is 6.09. The summed E-state index contributed by atoms with van der Waals surface area (Å²) >= 11 is 1.26. The lowest BCUT2D eigenvalue weighted by Gasteiger charge is -2.33. The van der Waals surface area contributed by atoms with Crippen LogP contribution < -0.4 is 4.74 Å². The molecule has 6 nitrogen and oxygen atoms in total. The van der Waals surface area contributed by atoms with Crippen molar-refractivity contribution in [2.75, 3.05) is 13.1 Å². The fraction of sp³-hybridized carbons (Fsp3) is 0.375. The minimum Gasteiger partial charge on any atom is -0.484 e. The second-order valence-corrected chi connectivity index (χ2v) is 9.21. The molecule has 1 saturated heterocycles. The van der Waals surface area contributed by atoms with E-state index in [0.717, 1.165) is 32.4 Å². The molecule has 1 aromatic heterocycles. The normalized spacial score (nSPS) is 15.5. The molecule has 1 amide bonds. The Bertz CT molecular complexity index is 1000. The predicted octanol–water partition coefficient (Wildman–Crippen LogP) is 4.75. The summed E-state index contributed by atoms with van der Waals surface area (Å²) in [6.07, 6.45) is 3.10. The number of likely N-dealkylation sites (tertiary alicyclic amines) is 1. The minimum absolute atomic E-state index is 0.0798. The molecule has 168 valence electrons. The molecule has 2 heterocycles. The monoisotopic (exact) mass is 455 g/mol. The molecule has 0 radical (unpaired) electrons. The molecule has 1 unspecified atom stereocenters. The molecule has 1 aliphatic rings. The van der Waals surface area contributed by atoms with Gasteiger partial charge >= 0.3 is 0 Å². The van der Waals surface area contributed by atoms with Crippen molar-refractivity contribution in [3.63, 3.8) is 0 Å². The van der Waals surface area contributed by atoms with E-state index in [2.05, 4.69) is 34.5 Å². The van der Waals surface area contributed by atoms with Gasteiger partial charge in [0.1, 0.15) is 11.6 Å². The molecule has 1 aliphatic heterocycles. The van der Waals surface area contributed by atoms with Gasteiger partial charge in [-0.05, 0) is 61.9 Å². The van der Waals surface area contributed by atoms with Crippen LogP contribution >= 0.6 is 11.8 Å². The molecule has 0 saturated carbocycles. The summed E-state index contributed by atoms with van der Waals surface area (Å²) < 4.78 is 24.1. The van der Waals surface area contributed by atoms with Crippen LogP contribution in [0, 0.1) is 11.7 Å². The topological polar surface area (TPSA) is 68.5 Å². The van der Waals surface area contributed by atoms with Crippen molar-refractivity contribution in [1.82, 2.24) is 15.1 Å². The second-order valence-electron chi connectivity index (χ2n) is 7.92. The number of thioether (sulfide) groups is 1. The zero-order chi connectivity index (χ0) is 22.3. The summed E-state index contributed by atoms with van der Waals surface area (Å²) in [5.74, 6) is 1.20. The third-order valence-electron chi connectivity index (χ3n) is 5.54. The smallest absolute Gasteiger partial charge is 0.277 e. The number of hydrogen-bond acceptors (Lipinski definition) is 6. The highest BCUT2D eigenvalue weighted by molar-refractivity contribution is 8.00. The highest BCUT2D eigenvalue weighted by atomic mass is 32.2. The zero-order valence-corrected chi connectivity index (χ0v) is 18.8. The summed E-state index contributed by atoms with van der Waals surface area (Å²) in [6, 6.07) is 16.2. The van der Waals surface area contributed by atoms with Gasteiger partial charge < -0.3 is 14.1 Å². The summed E-state index contributed by atoms with van der Waals surface area (Å²) in [7, 11) is 0. The largest absolute Gasteiger partial charge is 0.484 e. The van der Waals surface area contributed by atoms with Gasteiger partial charge in [0, 0.05) is 13.1 Å². The van der Waals surface area contributed by atoms with E-state index in [4.69, 9.17) is 9.15 Å².